The molecule has 0 aliphatic heterocycles. The highest BCUT2D eigenvalue weighted by molar-refractivity contribution is 5.84. The van der Waals surface area contributed by atoms with E-state index in [1.54, 1.807) is 13.8 Å². The van der Waals surface area contributed by atoms with Gasteiger partial charge in [-0.2, -0.15) is 0 Å². The Morgan fingerprint density at radius 1 is 0.394 bits per heavy atom. The zero-order valence-electron chi connectivity index (χ0n) is 43.5. The number of carbonyl (C=O) groups is 10. The van der Waals surface area contributed by atoms with Gasteiger partial charge in [0.05, 0.1) is 0 Å². The fraction of sp³-hybridized carbons (Fsp3) is 0.800. The average molecular weight is 1020 g/mol. The van der Waals surface area contributed by atoms with Gasteiger partial charge >= 0.3 is 47.8 Å². The molecule has 8 atom stereocenters. The molecule has 0 aromatic carbocycles. The molecule has 0 bridgehead atoms. The standard InChI is InChI=1S/C50H85N3O18/c1-32(2)44(50(64)65)53-43(61)30-24-28-41(67-34(4)55)46(69-36(6)57)48(71-38(8)59)47(70-37(7)58)45(68-35(5)56)40(66-33(3)54)27-22-20-18-16-14-12-10-9-11-13-15-17-19-21-23-29-42(60)52-39(49(62)63)26-25-31-51/h32,39-41,44-48H,9-31,51H2,1-8H3,(H,52,60)(H,53,61)(H,62,63)(H,64,65)/t39-,40+,41-,44-,45-,46-,47-,48-/m0/s1. The Hall–Kier alpha value is -5.34. The molecule has 21 heteroatoms. The summed E-state index contributed by atoms with van der Waals surface area (Å²) < 4.78 is 33.9. The molecular formula is C50H85N3O18. The van der Waals surface area contributed by atoms with Crippen molar-refractivity contribution in [2.45, 2.75) is 245 Å². The molecule has 0 fully saturated rings. The zero-order valence-corrected chi connectivity index (χ0v) is 43.5. The molecule has 0 unspecified atom stereocenters. The summed E-state index contributed by atoms with van der Waals surface area (Å²) in [5.74, 6) is -8.98. The van der Waals surface area contributed by atoms with Crippen molar-refractivity contribution in [3.63, 3.8) is 0 Å². The Morgan fingerprint density at radius 3 is 1.06 bits per heavy atom. The lowest BCUT2D eigenvalue weighted by atomic mass is 9.91. The van der Waals surface area contributed by atoms with Crippen molar-refractivity contribution in [3.8, 4) is 0 Å². The third kappa shape index (κ3) is 32.3. The molecule has 0 saturated heterocycles. The van der Waals surface area contributed by atoms with Crippen molar-refractivity contribution in [2.24, 2.45) is 11.7 Å². The van der Waals surface area contributed by atoms with E-state index in [1.165, 1.54) is 0 Å². The van der Waals surface area contributed by atoms with Gasteiger partial charge in [0.2, 0.25) is 11.8 Å². The van der Waals surface area contributed by atoms with Gasteiger partial charge in [0.1, 0.15) is 24.3 Å². The Labute approximate surface area is 419 Å². The molecule has 0 aromatic rings. The van der Waals surface area contributed by atoms with Crippen LogP contribution >= 0.6 is 0 Å². The molecule has 0 heterocycles. The summed E-state index contributed by atoms with van der Waals surface area (Å²) in [6.45, 7) is 9.93. The Morgan fingerprint density at radius 2 is 0.718 bits per heavy atom. The first-order valence-electron chi connectivity index (χ1n) is 25.3. The van der Waals surface area contributed by atoms with E-state index in [2.05, 4.69) is 10.6 Å². The molecule has 2 amide bonds. The van der Waals surface area contributed by atoms with Gasteiger partial charge in [0.25, 0.3) is 0 Å². The highest BCUT2D eigenvalue weighted by Crippen LogP contribution is 2.29. The van der Waals surface area contributed by atoms with Crippen LogP contribution in [0.3, 0.4) is 0 Å². The fourth-order valence-corrected chi connectivity index (χ4v) is 8.12. The summed E-state index contributed by atoms with van der Waals surface area (Å²) in [4.78, 5) is 124. The number of carboxylic acid groups (broad SMARTS) is 2. The molecule has 0 aliphatic rings. The molecule has 0 spiro atoms. The van der Waals surface area contributed by atoms with E-state index in [0.717, 1.165) is 125 Å². The van der Waals surface area contributed by atoms with Crippen LogP contribution < -0.4 is 16.4 Å². The van der Waals surface area contributed by atoms with Crippen LogP contribution in [0.1, 0.15) is 197 Å². The van der Waals surface area contributed by atoms with Crippen molar-refractivity contribution in [1.29, 1.82) is 0 Å². The number of carboxylic acids is 2. The van der Waals surface area contributed by atoms with E-state index in [-0.39, 0.29) is 31.6 Å². The SMILES string of the molecule is CC(=O)O[C@H]([C@@H](OC(C)=O)[C@@H](OC(C)=O)[C@@H](CCCCCCCCCCCCCCCCCC(=O)N[C@@H](CCCN)C(=O)O)OC(C)=O)[C@@H](OC(C)=O)[C@H](CCCC(=O)N[C@H](C(=O)O)C(C)C)OC(C)=O. The minimum absolute atomic E-state index is 0.0639. The third-order valence-corrected chi connectivity index (χ3v) is 11.4. The smallest absolute Gasteiger partial charge is 0.326 e. The molecule has 71 heavy (non-hydrogen) atoms. The van der Waals surface area contributed by atoms with Crippen molar-refractivity contribution < 1.29 is 86.6 Å². The first-order chi connectivity index (χ1) is 33.5. The molecule has 0 aromatic heterocycles. The van der Waals surface area contributed by atoms with Crippen LogP contribution in [0.2, 0.25) is 0 Å². The number of ether oxygens (including phenoxy) is 6. The van der Waals surface area contributed by atoms with Crippen LogP contribution in [0.25, 0.3) is 0 Å². The van der Waals surface area contributed by atoms with Gasteiger partial charge in [-0.3, -0.25) is 38.4 Å². The summed E-state index contributed by atoms with van der Waals surface area (Å²) in [6, 6.07) is -2.08. The van der Waals surface area contributed by atoms with Crippen LogP contribution in [-0.2, 0) is 76.4 Å². The van der Waals surface area contributed by atoms with Gasteiger partial charge in [-0.1, -0.05) is 97.3 Å². The third-order valence-electron chi connectivity index (χ3n) is 11.4. The normalized spacial score (nSPS) is 14.5. The van der Waals surface area contributed by atoms with Crippen molar-refractivity contribution >= 4 is 59.6 Å². The van der Waals surface area contributed by atoms with Gasteiger partial charge in [0.15, 0.2) is 24.4 Å². The number of hydrogen-bond acceptors (Lipinski definition) is 17. The molecular weight excluding hydrogens is 931 g/mol. The first kappa shape index (κ1) is 65.7. The van der Waals surface area contributed by atoms with Crippen molar-refractivity contribution in [3.05, 3.63) is 0 Å². The molecule has 408 valence electrons. The average Bonchev–Trinajstić information content (AvgIpc) is 3.26. The maximum Gasteiger partial charge on any atom is 0.326 e. The quantitative estimate of drug-likeness (QED) is 0.0270. The molecule has 0 radical (unpaired) electrons. The second-order valence-corrected chi connectivity index (χ2v) is 18.3. The number of amides is 2. The summed E-state index contributed by atoms with van der Waals surface area (Å²) in [5.41, 5.74) is 5.45. The van der Waals surface area contributed by atoms with Crippen LogP contribution in [-0.4, -0.2) is 125 Å². The number of hydrogen-bond donors (Lipinski definition) is 5. The van der Waals surface area contributed by atoms with Gasteiger partial charge < -0.3 is 55.0 Å². The van der Waals surface area contributed by atoms with Gasteiger partial charge in [0, 0.05) is 54.4 Å². The lowest BCUT2D eigenvalue weighted by Gasteiger charge is -2.40. The maximum absolute atomic E-state index is 12.8. The summed E-state index contributed by atoms with van der Waals surface area (Å²) in [7, 11) is 0. The number of aliphatic carboxylic acids is 2. The maximum atomic E-state index is 12.8. The van der Waals surface area contributed by atoms with Crippen LogP contribution in [0.5, 0.6) is 0 Å². The highest BCUT2D eigenvalue weighted by atomic mass is 16.7. The second-order valence-electron chi connectivity index (χ2n) is 18.3. The number of unbranched alkanes of at least 4 members (excludes halogenated alkanes) is 14. The summed E-state index contributed by atoms with van der Waals surface area (Å²) >= 11 is 0. The number of nitrogens with one attached hydrogen (secondary N) is 2. The minimum atomic E-state index is -1.84. The van der Waals surface area contributed by atoms with E-state index >= 15 is 0 Å². The largest absolute Gasteiger partial charge is 0.480 e. The van der Waals surface area contributed by atoms with Crippen molar-refractivity contribution in [1.82, 2.24) is 10.6 Å². The topological polar surface area (TPSA) is 317 Å². The first-order valence-corrected chi connectivity index (χ1v) is 25.3. The van der Waals surface area contributed by atoms with Gasteiger partial charge in [-0.15, -0.1) is 0 Å². The van der Waals surface area contributed by atoms with Crippen LogP contribution in [0.4, 0.5) is 0 Å². The molecule has 0 aliphatic carbocycles. The molecule has 0 saturated carbocycles. The van der Waals surface area contributed by atoms with E-state index in [1.807, 2.05) is 0 Å². The fourth-order valence-electron chi connectivity index (χ4n) is 8.12. The Bertz CT molecular complexity index is 1660. The molecule has 6 N–H and O–H groups in total. The summed E-state index contributed by atoms with van der Waals surface area (Å²) in [5, 5.41) is 23.8. The number of esters is 6. The summed E-state index contributed by atoms with van der Waals surface area (Å²) in [6.07, 6.45) is 5.34. The van der Waals surface area contributed by atoms with E-state index in [0.29, 0.717) is 38.6 Å². The highest BCUT2D eigenvalue weighted by Gasteiger charge is 2.50. The molecule has 21 nitrogen and oxygen atoms in total. The van der Waals surface area contributed by atoms with E-state index < -0.39 is 108 Å². The number of rotatable bonds is 41. The lowest BCUT2D eigenvalue weighted by Crippen LogP contribution is -2.58. The zero-order chi connectivity index (χ0) is 53.9. The predicted octanol–water partition coefficient (Wildman–Crippen LogP) is 5.91. The monoisotopic (exact) mass is 1020 g/mol. The Kier molecular flexibility index (Phi) is 35.5. The van der Waals surface area contributed by atoms with Crippen LogP contribution in [0, 0.1) is 5.92 Å². The molecule has 0 rings (SSSR count). The number of carbonyl (C=O) groups excluding carboxylic acids is 8. The number of nitrogens with two attached hydrogens (primary N) is 1. The van der Waals surface area contributed by atoms with E-state index in [4.69, 9.17) is 34.2 Å². The van der Waals surface area contributed by atoms with Gasteiger partial charge in [-0.25, -0.2) is 9.59 Å². The van der Waals surface area contributed by atoms with Crippen molar-refractivity contribution in [2.75, 3.05) is 6.54 Å². The predicted molar refractivity (Wildman–Crippen MR) is 258 cm³/mol. The lowest BCUT2D eigenvalue weighted by molar-refractivity contribution is -0.219. The van der Waals surface area contributed by atoms with Crippen LogP contribution in [0.15, 0.2) is 0 Å². The second kappa shape index (κ2) is 38.4. The minimum Gasteiger partial charge on any atom is -0.480 e. The Balaban J connectivity index is 5.66. The van der Waals surface area contributed by atoms with Gasteiger partial charge in [-0.05, 0) is 57.4 Å². The van der Waals surface area contributed by atoms with E-state index in [9.17, 15) is 58.2 Å².